The number of carbonyl (C=O) groups excluding carboxylic acids is 2. The van der Waals surface area contributed by atoms with E-state index in [-0.39, 0.29) is 11.8 Å². The molecule has 130 valence electrons. The summed E-state index contributed by atoms with van der Waals surface area (Å²) in [4.78, 5) is 25.3. The molecule has 0 unspecified atom stereocenters. The number of likely N-dealkylation sites (tertiary alicyclic amines) is 1. The molecule has 0 aromatic heterocycles. The third-order valence-electron chi connectivity index (χ3n) is 4.61. The molecule has 2 aromatic rings. The summed E-state index contributed by atoms with van der Waals surface area (Å²) >= 11 is 0. The summed E-state index contributed by atoms with van der Waals surface area (Å²) in [5, 5.41) is 0. The van der Waals surface area contributed by atoms with Crippen LogP contribution in [0.15, 0.2) is 42.5 Å². The molecule has 6 heteroatoms. The van der Waals surface area contributed by atoms with Crippen LogP contribution in [0.2, 0.25) is 0 Å². The fraction of sp³-hybridized carbons (Fsp3) is 0.263. The standard InChI is InChI=1S/C19H18F2N2O2/c20-16-6-5-15(11-17(16)21)12-7-9-23(10-8-12)19(25)14-3-1-13(2-4-14)18(22)24/h1-6,11-12H,7-10H2,(H2,22,24). The van der Waals surface area contributed by atoms with Crippen LogP contribution in [0.4, 0.5) is 8.78 Å². The molecule has 3 rings (SSSR count). The van der Waals surface area contributed by atoms with Crippen LogP contribution in [-0.4, -0.2) is 29.8 Å². The Morgan fingerprint density at radius 2 is 1.52 bits per heavy atom. The number of amides is 2. The topological polar surface area (TPSA) is 63.4 Å². The number of nitrogens with zero attached hydrogens (tertiary/aromatic N) is 1. The van der Waals surface area contributed by atoms with Crippen molar-refractivity contribution in [2.45, 2.75) is 18.8 Å². The van der Waals surface area contributed by atoms with Gasteiger partial charge in [-0.15, -0.1) is 0 Å². The van der Waals surface area contributed by atoms with Crippen molar-refractivity contribution in [3.05, 3.63) is 70.8 Å². The van der Waals surface area contributed by atoms with E-state index in [1.165, 1.54) is 18.2 Å². The lowest BCUT2D eigenvalue weighted by molar-refractivity contribution is 0.0712. The fourth-order valence-corrected chi connectivity index (χ4v) is 3.14. The van der Waals surface area contributed by atoms with Crippen molar-refractivity contribution in [3.8, 4) is 0 Å². The van der Waals surface area contributed by atoms with E-state index in [9.17, 15) is 18.4 Å². The lowest BCUT2D eigenvalue weighted by Gasteiger charge is -2.32. The predicted molar refractivity (Wildman–Crippen MR) is 89.2 cm³/mol. The number of nitrogens with two attached hydrogens (primary N) is 1. The zero-order valence-electron chi connectivity index (χ0n) is 13.5. The van der Waals surface area contributed by atoms with E-state index in [4.69, 9.17) is 5.73 Å². The van der Waals surface area contributed by atoms with E-state index >= 15 is 0 Å². The van der Waals surface area contributed by atoms with Crippen molar-refractivity contribution in [1.82, 2.24) is 4.90 Å². The van der Waals surface area contributed by atoms with Crippen molar-refractivity contribution in [2.75, 3.05) is 13.1 Å². The van der Waals surface area contributed by atoms with Crippen LogP contribution >= 0.6 is 0 Å². The summed E-state index contributed by atoms with van der Waals surface area (Å²) < 4.78 is 26.4. The van der Waals surface area contributed by atoms with E-state index in [0.29, 0.717) is 37.1 Å². The summed E-state index contributed by atoms with van der Waals surface area (Å²) in [5.74, 6) is -2.23. The first-order chi connectivity index (χ1) is 12.0. The highest BCUT2D eigenvalue weighted by atomic mass is 19.2. The molecule has 2 amide bonds. The minimum Gasteiger partial charge on any atom is -0.366 e. The van der Waals surface area contributed by atoms with Gasteiger partial charge < -0.3 is 10.6 Å². The van der Waals surface area contributed by atoms with Gasteiger partial charge in [0.15, 0.2) is 11.6 Å². The van der Waals surface area contributed by atoms with E-state index in [1.807, 2.05) is 0 Å². The number of benzene rings is 2. The molecule has 1 aliphatic heterocycles. The maximum Gasteiger partial charge on any atom is 0.253 e. The Balaban J connectivity index is 1.64. The number of hydrogen-bond acceptors (Lipinski definition) is 2. The second kappa shape index (κ2) is 7.01. The van der Waals surface area contributed by atoms with Gasteiger partial charge >= 0.3 is 0 Å². The number of rotatable bonds is 3. The summed E-state index contributed by atoms with van der Waals surface area (Å²) in [6.07, 6.45) is 1.38. The molecule has 0 spiro atoms. The van der Waals surface area contributed by atoms with Gasteiger partial charge in [0.05, 0.1) is 0 Å². The lowest BCUT2D eigenvalue weighted by atomic mass is 9.89. The molecule has 0 radical (unpaired) electrons. The second-order valence-corrected chi connectivity index (χ2v) is 6.18. The molecule has 1 fully saturated rings. The summed E-state index contributed by atoms with van der Waals surface area (Å²) in [6, 6.07) is 10.2. The molecule has 1 saturated heterocycles. The van der Waals surface area contributed by atoms with E-state index in [1.54, 1.807) is 23.1 Å². The van der Waals surface area contributed by atoms with E-state index in [0.717, 1.165) is 11.6 Å². The Morgan fingerprint density at radius 1 is 0.920 bits per heavy atom. The third-order valence-corrected chi connectivity index (χ3v) is 4.61. The van der Waals surface area contributed by atoms with Gasteiger partial charge in [0.25, 0.3) is 5.91 Å². The van der Waals surface area contributed by atoms with Gasteiger partial charge in [-0.1, -0.05) is 6.07 Å². The van der Waals surface area contributed by atoms with Crippen LogP contribution in [0, 0.1) is 11.6 Å². The van der Waals surface area contributed by atoms with Gasteiger partial charge in [0.2, 0.25) is 5.91 Å². The number of carbonyl (C=O) groups is 2. The maximum atomic E-state index is 13.4. The molecule has 4 nitrogen and oxygen atoms in total. The Hall–Kier alpha value is -2.76. The molecule has 2 N–H and O–H groups in total. The van der Waals surface area contributed by atoms with Gasteiger partial charge in [0.1, 0.15) is 0 Å². The first-order valence-corrected chi connectivity index (χ1v) is 8.10. The fourth-order valence-electron chi connectivity index (χ4n) is 3.14. The normalized spacial score (nSPS) is 15.2. The molecular weight excluding hydrogens is 326 g/mol. The van der Waals surface area contributed by atoms with E-state index < -0.39 is 17.5 Å². The van der Waals surface area contributed by atoms with E-state index in [2.05, 4.69) is 0 Å². The van der Waals surface area contributed by atoms with Crippen molar-refractivity contribution in [1.29, 1.82) is 0 Å². The maximum absolute atomic E-state index is 13.4. The lowest BCUT2D eigenvalue weighted by Crippen LogP contribution is -2.38. The van der Waals surface area contributed by atoms with Crippen LogP contribution in [0.1, 0.15) is 45.0 Å². The zero-order valence-corrected chi connectivity index (χ0v) is 13.5. The Labute approximate surface area is 144 Å². The average molecular weight is 344 g/mol. The first kappa shape index (κ1) is 17.1. The molecule has 1 aliphatic rings. The smallest absolute Gasteiger partial charge is 0.253 e. The predicted octanol–water partition coefficient (Wildman–Crippen LogP) is 3.08. The second-order valence-electron chi connectivity index (χ2n) is 6.18. The minimum absolute atomic E-state index is 0.108. The zero-order chi connectivity index (χ0) is 18.0. The van der Waals surface area contributed by atoms with Crippen molar-refractivity contribution >= 4 is 11.8 Å². The third kappa shape index (κ3) is 3.68. The van der Waals surface area contributed by atoms with Gasteiger partial charge in [0, 0.05) is 24.2 Å². The molecule has 0 bridgehead atoms. The Morgan fingerprint density at radius 3 is 2.08 bits per heavy atom. The van der Waals surface area contributed by atoms with Gasteiger partial charge in [-0.3, -0.25) is 9.59 Å². The number of hydrogen-bond donors (Lipinski definition) is 1. The molecule has 2 aromatic carbocycles. The quantitative estimate of drug-likeness (QED) is 0.930. The molecule has 25 heavy (non-hydrogen) atoms. The number of piperidine rings is 1. The molecule has 0 aliphatic carbocycles. The summed E-state index contributed by atoms with van der Waals surface area (Å²) in [7, 11) is 0. The Bertz CT molecular complexity index is 798. The van der Waals surface area contributed by atoms with Crippen molar-refractivity contribution < 1.29 is 18.4 Å². The van der Waals surface area contributed by atoms with Gasteiger partial charge in [-0.05, 0) is 60.7 Å². The van der Waals surface area contributed by atoms with Gasteiger partial charge in [-0.25, -0.2) is 8.78 Å². The first-order valence-electron chi connectivity index (χ1n) is 8.10. The highest BCUT2D eigenvalue weighted by Gasteiger charge is 2.25. The van der Waals surface area contributed by atoms with Crippen LogP contribution in [0.25, 0.3) is 0 Å². The molecular formula is C19H18F2N2O2. The number of primary amides is 1. The van der Waals surface area contributed by atoms with Gasteiger partial charge in [-0.2, -0.15) is 0 Å². The minimum atomic E-state index is -0.851. The van der Waals surface area contributed by atoms with Crippen LogP contribution in [0.5, 0.6) is 0 Å². The largest absolute Gasteiger partial charge is 0.366 e. The van der Waals surface area contributed by atoms with Crippen LogP contribution < -0.4 is 5.73 Å². The highest BCUT2D eigenvalue weighted by molar-refractivity contribution is 5.97. The Kier molecular flexibility index (Phi) is 4.79. The molecule has 0 saturated carbocycles. The van der Waals surface area contributed by atoms with Crippen molar-refractivity contribution in [2.24, 2.45) is 5.73 Å². The highest BCUT2D eigenvalue weighted by Crippen LogP contribution is 2.29. The average Bonchev–Trinajstić information content (AvgIpc) is 2.63. The van der Waals surface area contributed by atoms with Crippen LogP contribution in [0.3, 0.4) is 0 Å². The summed E-state index contributed by atoms with van der Waals surface area (Å²) in [5.41, 5.74) is 6.80. The number of halogens is 2. The molecule has 1 heterocycles. The van der Waals surface area contributed by atoms with Crippen molar-refractivity contribution in [3.63, 3.8) is 0 Å². The summed E-state index contributed by atoms with van der Waals surface area (Å²) in [6.45, 7) is 1.08. The van der Waals surface area contributed by atoms with Crippen LogP contribution in [-0.2, 0) is 0 Å². The SMILES string of the molecule is NC(=O)c1ccc(C(=O)N2CCC(c3ccc(F)c(F)c3)CC2)cc1. The molecule has 0 atom stereocenters. The monoisotopic (exact) mass is 344 g/mol.